The molecule has 1 unspecified atom stereocenters. The first kappa shape index (κ1) is 13.0. The van der Waals surface area contributed by atoms with E-state index in [1.54, 1.807) is 0 Å². The van der Waals surface area contributed by atoms with E-state index in [-0.39, 0.29) is 10.9 Å². The van der Waals surface area contributed by atoms with Crippen LogP contribution in [0.3, 0.4) is 0 Å². The Morgan fingerprint density at radius 1 is 1.37 bits per heavy atom. The lowest BCUT2D eigenvalue weighted by Crippen LogP contribution is -2.17. The van der Waals surface area contributed by atoms with Crippen molar-refractivity contribution in [3.05, 3.63) is 39.8 Å². The van der Waals surface area contributed by atoms with Crippen LogP contribution in [0.4, 0.5) is 8.78 Å². The smallest absolute Gasteiger partial charge is 0.340 e. The summed E-state index contributed by atoms with van der Waals surface area (Å²) in [7, 11) is 0. The number of aliphatic carboxylic acids is 1. The van der Waals surface area contributed by atoms with Gasteiger partial charge in [0.15, 0.2) is 17.1 Å². The van der Waals surface area contributed by atoms with Gasteiger partial charge in [-0.1, -0.05) is 0 Å². The van der Waals surface area contributed by atoms with E-state index in [1.165, 1.54) is 6.92 Å². The summed E-state index contributed by atoms with van der Waals surface area (Å²) >= 11 is 0. The molecule has 19 heavy (non-hydrogen) atoms. The zero-order valence-corrected chi connectivity index (χ0v) is 9.61. The molecule has 2 rings (SSSR count). The lowest BCUT2D eigenvalue weighted by molar-refractivity contribution is -0.138. The number of hydrogen-bond donors (Lipinski definition) is 2. The van der Waals surface area contributed by atoms with Crippen molar-refractivity contribution in [3.63, 3.8) is 0 Å². The van der Waals surface area contributed by atoms with Crippen molar-refractivity contribution in [3.8, 4) is 5.75 Å². The Labute approximate surface area is 104 Å². The number of halogens is 2. The molecule has 100 valence electrons. The second-order valence-electron chi connectivity index (χ2n) is 3.99. The van der Waals surface area contributed by atoms with Crippen molar-refractivity contribution in [2.45, 2.75) is 12.8 Å². The summed E-state index contributed by atoms with van der Waals surface area (Å²) < 4.78 is 31.3. The van der Waals surface area contributed by atoms with Crippen LogP contribution in [0.1, 0.15) is 18.4 Å². The first-order valence-electron chi connectivity index (χ1n) is 5.20. The van der Waals surface area contributed by atoms with Crippen molar-refractivity contribution >= 4 is 16.9 Å². The van der Waals surface area contributed by atoms with Gasteiger partial charge in [0.05, 0.1) is 11.5 Å². The number of fused-ring (bicyclic) bond motifs is 1. The first-order chi connectivity index (χ1) is 8.82. The normalized spacial score (nSPS) is 12.6. The predicted molar refractivity (Wildman–Crippen MR) is 60.1 cm³/mol. The van der Waals surface area contributed by atoms with Gasteiger partial charge in [0.25, 0.3) is 0 Å². The average molecular weight is 270 g/mol. The number of phenols is 1. The lowest BCUT2D eigenvalue weighted by Gasteiger charge is -2.07. The molecule has 1 aromatic carbocycles. The number of rotatable bonds is 2. The van der Waals surface area contributed by atoms with Crippen molar-refractivity contribution in [2.75, 3.05) is 0 Å². The molecule has 2 N–H and O–H groups in total. The van der Waals surface area contributed by atoms with Crippen molar-refractivity contribution in [1.82, 2.24) is 0 Å². The number of hydrogen-bond acceptors (Lipinski definition) is 4. The summed E-state index contributed by atoms with van der Waals surface area (Å²) in [5, 5.41) is 17.7. The van der Waals surface area contributed by atoms with E-state index in [0.29, 0.717) is 0 Å². The van der Waals surface area contributed by atoms with Crippen molar-refractivity contribution in [1.29, 1.82) is 0 Å². The molecular weight excluding hydrogens is 262 g/mol. The Hall–Kier alpha value is -2.44. The van der Waals surface area contributed by atoms with Gasteiger partial charge < -0.3 is 14.6 Å². The summed E-state index contributed by atoms with van der Waals surface area (Å²) in [6, 6.07) is 1.79. The molecular formula is C12H8F2O5. The second kappa shape index (κ2) is 4.34. The van der Waals surface area contributed by atoms with Gasteiger partial charge in [-0.2, -0.15) is 4.39 Å². The maximum atomic E-state index is 13.5. The quantitative estimate of drug-likeness (QED) is 0.814. The second-order valence-corrected chi connectivity index (χ2v) is 3.99. The van der Waals surface area contributed by atoms with E-state index in [0.717, 1.165) is 12.1 Å². The highest BCUT2D eigenvalue weighted by Gasteiger charge is 2.22. The molecule has 0 aliphatic rings. The molecule has 7 heteroatoms. The zero-order valence-electron chi connectivity index (χ0n) is 9.61. The molecule has 5 nitrogen and oxygen atoms in total. The standard InChI is InChI=1S/C12H8F2O5/c1-4(11(16)17)6-2-5-3-7(13)9(15)8(14)10(5)19-12(6)18/h2-4,15H,1H3,(H,16,17). The molecule has 0 saturated carbocycles. The van der Waals surface area contributed by atoms with E-state index in [4.69, 9.17) is 10.2 Å². The Bertz CT molecular complexity index is 735. The third kappa shape index (κ3) is 2.03. The van der Waals surface area contributed by atoms with Crippen LogP contribution in [0, 0.1) is 11.6 Å². The topological polar surface area (TPSA) is 87.7 Å². The fraction of sp³-hybridized carbons (Fsp3) is 0.167. The number of carboxylic acids is 1. The van der Waals surface area contributed by atoms with E-state index >= 15 is 0 Å². The van der Waals surface area contributed by atoms with E-state index in [2.05, 4.69) is 4.42 Å². The number of carboxylic acid groups (broad SMARTS) is 1. The van der Waals surface area contributed by atoms with Gasteiger partial charge >= 0.3 is 11.6 Å². The van der Waals surface area contributed by atoms with Crippen molar-refractivity contribution < 1.29 is 28.2 Å². The SMILES string of the molecule is CC(C(=O)O)c1cc2cc(F)c(O)c(F)c2oc1=O. The highest BCUT2D eigenvalue weighted by atomic mass is 19.1. The molecule has 0 fully saturated rings. The van der Waals surface area contributed by atoms with Crippen LogP contribution in [0.15, 0.2) is 21.3 Å². The summed E-state index contributed by atoms with van der Waals surface area (Å²) in [5.41, 5.74) is -1.90. The van der Waals surface area contributed by atoms with Gasteiger partial charge in [-0.05, 0) is 19.1 Å². The molecule has 0 radical (unpaired) electrons. The number of benzene rings is 1. The Kier molecular flexibility index (Phi) is 2.97. The number of phenolic OH excluding ortho intramolecular Hbond substituents is 1. The molecule has 0 bridgehead atoms. The third-order valence-corrected chi connectivity index (χ3v) is 2.76. The summed E-state index contributed by atoms with van der Waals surface area (Å²) in [5.74, 6) is -6.34. The Balaban J connectivity index is 2.80. The zero-order chi connectivity index (χ0) is 14.3. The molecule has 2 aromatic rings. The lowest BCUT2D eigenvalue weighted by atomic mass is 10.0. The van der Waals surface area contributed by atoms with E-state index in [9.17, 15) is 18.4 Å². The maximum Gasteiger partial charge on any atom is 0.340 e. The molecule has 1 heterocycles. The van der Waals surface area contributed by atoms with Gasteiger partial charge in [0.2, 0.25) is 5.82 Å². The van der Waals surface area contributed by atoms with Crippen molar-refractivity contribution in [2.24, 2.45) is 0 Å². The van der Waals surface area contributed by atoms with Crippen LogP contribution in [-0.2, 0) is 4.79 Å². The minimum Gasteiger partial charge on any atom is -0.503 e. The molecule has 1 atom stereocenters. The fourth-order valence-electron chi connectivity index (χ4n) is 1.63. The van der Waals surface area contributed by atoms with Crippen LogP contribution < -0.4 is 5.63 Å². The largest absolute Gasteiger partial charge is 0.503 e. The summed E-state index contributed by atoms with van der Waals surface area (Å²) in [4.78, 5) is 22.4. The summed E-state index contributed by atoms with van der Waals surface area (Å²) in [6.45, 7) is 1.24. The van der Waals surface area contributed by atoms with Gasteiger partial charge in [-0.15, -0.1) is 0 Å². The van der Waals surface area contributed by atoms with E-state index < -0.39 is 40.5 Å². The molecule has 0 amide bonds. The molecule has 0 aliphatic carbocycles. The van der Waals surface area contributed by atoms with Crippen LogP contribution in [-0.4, -0.2) is 16.2 Å². The number of aromatic hydroxyl groups is 1. The maximum absolute atomic E-state index is 13.5. The highest BCUT2D eigenvalue weighted by molar-refractivity contribution is 5.82. The van der Waals surface area contributed by atoms with Crippen LogP contribution in [0.2, 0.25) is 0 Å². The van der Waals surface area contributed by atoms with E-state index in [1.807, 2.05) is 0 Å². The fourth-order valence-corrected chi connectivity index (χ4v) is 1.63. The Morgan fingerprint density at radius 2 is 2.00 bits per heavy atom. The third-order valence-electron chi connectivity index (χ3n) is 2.76. The minimum absolute atomic E-state index is 0.143. The van der Waals surface area contributed by atoms with Crippen LogP contribution in [0.5, 0.6) is 5.75 Å². The van der Waals surface area contributed by atoms with Gasteiger partial charge in [-0.3, -0.25) is 4.79 Å². The van der Waals surface area contributed by atoms with Gasteiger partial charge in [-0.25, -0.2) is 9.18 Å². The molecule has 1 aromatic heterocycles. The van der Waals surface area contributed by atoms with Crippen LogP contribution in [0.25, 0.3) is 11.0 Å². The average Bonchev–Trinajstić information content (AvgIpc) is 2.36. The molecule has 0 saturated heterocycles. The first-order valence-corrected chi connectivity index (χ1v) is 5.20. The Morgan fingerprint density at radius 3 is 2.58 bits per heavy atom. The predicted octanol–water partition coefficient (Wildman–Crippen LogP) is 1.96. The van der Waals surface area contributed by atoms with Gasteiger partial charge in [0.1, 0.15) is 0 Å². The highest BCUT2D eigenvalue weighted by Crippen LogP contribution is 2.29. The van der Waals surface area contributed by atoms with Gasteiger partial charge in [0, 0.05) is 5.39 Å². The van der Waals surface area contributed by atoms with Crippen LogP contribution >= 0.6 is 0 Å². The summed E-state index contributed by atoms with van der Waals surface area (Å²) in [6.07, 6.45) is 0. The molecule has 0 aliphatic heterocycles. The molecule has 0 spiro atoms. The number of carbonyl (C=O) groups is 1. The minimum atomic E-state index is -1.40. The monoisotopic (exact) mass is 270 g/mol.